The zero-order chi connectivity index (χ0) is 21.4. The number of amides is 4. The number of rotatable bonds is 3. The molecule has 3 aromatic rings. The Morgan fingerprint density at radius 2 is 1.57 bits per heavy atom. The SMILES string of the molecule is Cc1cc(C)cc(N2C(=O)NC(=O)/C(=C\c3cccn3-c3ccc(O)cc3)C2=O)c1. The fourth-order valence-corrected chi connectivity index (χ4v) is 3.48. The molecule has 30 heavy (non-hydrogen) atoms. The highest BCUT2D eigenvalue weighted by atomic mass is 16.3. The van der Waals surface area contributed by atoms with E-state index in [1.165, 1.54) is 6.08 Å². The van der Waals surface area contributed by atoms with Crippen LogP contribution in [0.1, 0.15) is 16.8 Å². The van der Waals surface area contributed by atoms with Crippen LogP contribution in [0.5, 0.6) is 5.75 Å². The molecule has 1 aliphatic rings. The molecule has 0 bridgehead atoms. The molecular weight excluding hydrogens is 382 g/mol. The standard InChI is InChI=1S/C23H19N3O4/c1-14-10-15(2)12-18(11-14)26-22(29)20(21(28)24-23(26)30)13-17-4-3-9-25(17)16-5-7-19(27)8-6-16/h3-13,27H,1-2H3,(H,24,28,30)/b20-13+. The molecule has 0 saturated carbocycles. The van der Waals surface area contributed by atoms with E-state index in [9.17, 15) is 19.5 Å². The number of aryl methyl sites for hydroxylation is 2. The van der Waals surface area contributed by atoms with E-state index in [1.54, 1.807) is 59.3 Å². The topological polar surface area (TPSA) is 91.6 Å². The van der Waals surface area contributed by atoms with E-state index < -0.39 is 17.8 Å². The van der Waals surface area contributed by atoms with Crippen molar-refractivity contribution in [3.63, 3.8) is 0 Å². The third kappa shape index (κ3) is 3.48. The molecule has 0 aliphatic carbocycles. The zero-order valence-corrected chi connectivity index (χ0v) is 16.4. The van der Waals surface area contributed by atoms with Crippen LogP contribution in [0, 0.1) is 13.8 Å². The van der Waals surface area contributed by atoms with Gasteiger partial charge in [0.15, 0.2) is 0 Å². The van der Waals surface area contributed by atoms with E-state index in [0.29, 0.717) is 11.4 Å². The lowest BCUT2D eigenvalue weighted by Gasteiger charge is -2.27. The van der Waals surface area contributed by atoms with Gasteiger partial charge in [-0.1, -0.05) is 6.07 Å². The van der Waals surface area contributed by atoms with Crippen molar-refractivity contribution in [2.45, 2.75) is 13.8 Å². The number of carbonyl (C=O) groups excluding carboxylic acids is 3. The lowest BCUT2D eigenvalue weighted by Crippen LogP contribution is -2.54. The van der Waals surface area contributed by atoms with Gasteiger partial charge in [-0.3, -0.25) is 14.9 Å². The number of aromatic hydroxyl groups is 1. The predicted molar refractivity (Wildman–Crippen MR) is 112 cm³/mol. The number of anilines is 1. The minimum absolute atomic E-state index is 0.134. The second-order valence-corrected chi connectivity index (χ2v) is 7.12. The molecule has 0 spiro atoms. The summed E-state index contributed by atoms with van der Waals surface area (Å²) in [5.74, 6) is -1.30. The number of barbiturate groups is 1. The monoisotopic (exact) mass is 401 g/mol. The van der Waals surface area contributed by atoms with Crippen LogP contribution < -0.4 is 10.2 Å². The van der Waals surface area contributed by atoms with E-state index in [4.69, 9.17) is 0 Å². The average Bonchev–Trinajstić information content (AvgIpc) is 3.13. The Hall–Kier alpha value is -4.13. The number of carbonyl (C=O) groups is 3. The van der Waals surface area contributed by atoms with Crippen molar-refractivity contribution in [2.75, 3.05) is 4.90 Å². The highest BCUT2D eigenvalue weighted by Gasteiger charge is 2.37. The summed E-state index contributed by atoms with van der Waals surface area (Å²) in [7, 11) is 0. The van der Waals surface area contributed by atoms with Crippen LogP contribution in [0.25, 0.3) is 11.8 Å². The second-order valence-electron chi connectivity index (χ2n) is 7.12. The van der Waals surface area contributed by atoms with Gasteiger partial charge in [0.1, 0.15) is 11.3 Å². The van der Waals surface area contributed by atoms with Crippen LogP contribution in [0.4, 0.5) is 10.5 Å². The molecule has 0 radical (unpaired) electrons. The summed E-state index contributed by atoms with van der Waals surface area (Å²) in [5.41, 5.74) is 3.38. The van der Waals surface area contributed by atoms with Crippen molar-refractivity contribution in [3.8, 4) is 11.4 Å². The van der Waals surface area contributed by atoms with Gasteiger partial charge >= 0.3 is 6.03 Å². The summed E-state index contributed by atoms with van der Waals surface area (Å²) in [4.78, 5) is 39.0. The van der Waals surface area contributed by atoms with Crippen LogP contribution in [-0.2, 0) is 9.59 Å². The van der Waals surface area contributed by atoms with Crippen molar-refractivity contribution in [1.82, 2.24) is 9.88 Å². The Kier molecular flexibility index (Phi) is 4.71. The molecule has 1 aromatic heterocycles. The number of aromatic nitrogens is 1. The van der Waals surface area contributed by atoms with Crippen LogP contribution in [0.3, 0.4) is 0 Å². The normalized spacial score (nSPS) is 15.6. The minimum Gasteiger partial charge on any atom is -0.508 e. The number of benzene rings is 2. The molecule has 0 atom stereocenters. The van der Waals surface area contributed by atoms with Gasteiger partial charge < -0.3 is 9.67 Å². The smallest absolute Gasteiger partial charge is 0.335 e. The Morgan fingerprint density at radius 1 is 0.900 bits per heavy atom. The maximum absolute atomic E-state index is 13.1. The summed E-state index contributed by atoms with van der Waals surface area (Å²) in [6, 6.07) is 14.6. The Balaban J connectivity index is 1.76. The van der Waals surface area contributed by atoms with Gasteiger partial charge in [-0.05, 0) is 79.6 Å². The molecule has 1 saturated heterocycles. The maximum Gasteiger partial charge on any atom is 0.335 e. The molecule has 0 unspecified atom stereocenters. The van der Waals surface area contributed by atoms with Crippen molar-refractivity contribution < 1.29 is 19.5 Å². The van der Waals surface area contributed by atoms with Crippen LogP contribution >= 0.6 is 0 Å². The summed E-state index contributed by atoms with van der Waals surface area (Å²) in [6.07, 6.45) is 3.23. The minimum atomic E-state index is -0.777. The van der Waals surface area contributed by atoms with Crippen LogP contribution in [-0.4, -0.2) is 27.5 Å². The van der Waals surface area contributed by atoms with Crippen molar-refractivity contribution in [3.05, 3.63) is 83.2 Å². The lowest BCUT2D eigenvalue weighted by atomic mass is 10.1. The first-order valence-corrected chi connectivity index (χ1v) is 9.30. The number of nitrogens with one attached hydrogen (secondary N) is 1. The fraction of sp³-hybridized carbons (Fsp3) is 0.0870. The summed E-state index contributed by atoms with van der Waals surface area (Å²) < 4.78 is 1.77. The lowest BCUT2D eigenvalue weighted by molar-refractivity contribution is -0.122. The van der Waals surface area contributed by atoms with Gasteiger partial charge in [-0.15, -0.1) is 0 Å². The first-order chi connectivity index (χ1) is 14.3. The number of hydrogen-bond donors (Lipinski definition) is 2. The molecule has 4 rings (SSSR count). The molecule has 150 valence electrons. The highest BCUT2D eigenvalue weighted by Crippen LogP contribution is 2.25. The number of nitrogens with zero attached hydrogens (tertiary/aromatic N) is 2. The van der Waals surface area contributed by atoms with Crippen LogP contribution in [0.2, 0.25) is 0 Å². The van der Waals surface area contributed by atoms with Gasteiger partial charge in [0.05, 0.1) is 5.69 Å². The molecule has 4 amide bonds. The Morgan fingerprint density at radius 3 is 2.23 bits per heavy atom. The third-order valence-electron chi connectivity index (χ3n) is 4.77. The van der Waals surface area contributed by atoms with E-state index in [0.717, 1.165) is 21.7 Å². The number of phenolic OH excluding ortho intramolecular Hbond substituents is 1. The number of urea groups is 1. The Bertz CT molecular complexity index is 1190. The quantitative estimate of drug-likeness (QED) is 0.519. The van der Waals surface area contributed by atoms with Gasteiger partial charge in [-0.2, -0.15) is 0 Å². The molecule has 7 heteroatoms. The van der Waals surface area contributed by atoms with Crippen molar-refractivity contribution >= 4 is 29.6 Å². The van der Waals surface area contributed by atoms with Gasteiger partial charge in [0, 0.05) is 17.6 Å². The first kappa shape index (κ1) is 19.2. The average molecular weight is 401 g/mol. The second kappa shape index (κ2) is 7.36. The van der Waals surface area contributed by atoms with E-state index >= 15 is 0 Å². The summed E-state index contributed by atoms with van der Waals surface area (Å²) >= 11 is 0. The van der Waals surface area contributed by atoms with E-state index in [2.05, 4.69) is 5.32 Å². The third-order valence-corrected chi connectivity index (χ3v) is 4.77. The van der Waals surface area contributed by atoms with E-state index in [-0.39, 0.29) is 11.3 Å². The van der Waals surface area contributed by atoms with Crippen molar-refractivity contribution in [1.29, 1.82) is 0 Å². The van der Waals surface area contributed by atoms with Gasteiger partial charge in [0.25, 0.3) is 11.8 Å². The summed E-state index contributed by atoms with van der Waals surface area (Å²) in [6.45, 7) is 3.74. The molecule has 2 heterocycles. The number of hydrogen-bond acceptors (Lipinski definition) is 4. The fourth-order valence-electron chi connectivity index (χ4n) is 3.48. The van der Waals surface area contributed by atoms with Gasteiger partial charge in [0.2, 0.25) is 0 Å². The van der Waals surface area contributed by atoms with Gasteiger partial charge in [-0.25, -0.2) is 9.69 Å². The molecule has 1 fully saturated rings. The molecule has 1 aliphatic heterocycles. The van der Waals surface area contributed by atoms with E-state index in [1.807, 2.05) is 19.9 Å². The maximum atomic E-state index is 13.1. The van der Waals surface area contributed by atoms with Crippen LogP contribution in [0.15, 0.2) is 66.4 Å². The van der Waals surface area contributed by atoms with Crippen molar-refractivity contribution in [2.24, 2.45) is 0 Å². The molecule has 7 nitrogen and oxygen atoms in total. The number of phenols is 1. The summed E-state index contributed by atoms with van der Waals surface area (Å²) in [5, 5.41) is 11.7. The number of imide groups is 2. The Labute approximate surface area is 172 Å². The predicted octanol–water partition coefficient (Wildman–Crippen LogP) is 3.47. The highest BCUT2D eigenvalue weighted by molar-refractivity contribution is 6.39. The molecule has 2 aromatic carbocycles. The first-order valence-electron chi connectivity index (χ1n) is 9.30. The zero-order valence-electron chi connectivity index (χ0n) is 16.4. The molecule has 2 N–H and O–H groups in total. The molecular formula is C23H19N3O4. The largest absolute Gasteiger partial charge is 0.508 e.